The average molecular weight is 536 g/mol. The minimum Gasteiger partial charge on any atom is -0.391 e. The van der Waals surface area contributed by atoms with E-state index in [0.29, 0.717) is 17.5 Å². The first-order chi connectivity index (χ1) is 18.9. The second-order valence-corrected chi connectivity index (χ2v) is 9.53. The van der Waals surface area contributed by atoms with Crippen LogP contribution in [0.25, 0.3) is 0 Å². The van der Waals surface area contributed by atoms with Gasteiger partial charge in [-0.1, -0.05) is 18.3 Å². The Hall–Kier alpha value is -3.55. The molecule has 0 aliphatic carbocycles. The van der Waals surface area contributed by atoms with Gasteiger partial charge >= 0.3 is 0 Å². The van der Waals surface area contributed by atoms with Crippen LogP contribution in [-0.4, -0.2) is 84.3 Å². The van der Waals surface area contributed by atoms with Gasteiger partial charge in [-0.25, -0.2) is 0 Å². The number of rotatable bonds is 12. The van der Waals surface area contributed by atoms with Crippen LogP contribution in [0.4, 0.5) is 5.69 Å². The van der Waals surface area contributed by atoms with E-state index in [2.05, 4.69) is 27.4 Å². The van der Waals surface area contributed by atoms with Crippen molar-refractivity contribution in [2.45, 2.75) is 44.8 Å². The van der Waals surface area contributed by atoms with Crippen molar-refractivity contribution < 1.29 is 29.3 Å². The number of morpholine rings is 1. The van der Waals surface area contributed by atoms with Gasteiger partial charge < -0.3 is 25.6 Å². The Morgan fingerprint density at radius 2 is 1.56 bits per heavy atom. The molecule has 1 heterocycles. The molecule has 0 bridgehead atoms. The number of carbonyl (C=O) groups excluding carboxylic acids is 3. The van der Waals surface area contributed by atoms with Crippen LogP contribution in [0, 0.1) is 11.8 Å². The summed E-state index contributed by atoms with van der Waals surface area (Å²) >= 11 is 0. The van der Waals surface area contributed by atoms with Crippen LogP contribution in [0.15, 0.2) is 48.5 Å². The lowest BCUT2D eigenvalue weighted by Crippen LogP contribution is -2.48. The van der Waals surface area contributed by atoms with Crippen molar-refractivity contribution in [3.05, 3.63) is 65.2 Å². The summed E-state index contributed by atoms with van der Waals surface area (Å²) in [6, 6.07) is 12.6. The van der Waals surface area contributed by atoms with Crippen molar-refractivity contribution in [2.75, 3.05) is 44.8 Å². The summed E-state index contributed by atoms with van der Waals surface area (Å²) in [5.74, 6) is 4.89. The minimum absolute atomic E-state index is 0.00447. The highest BCUT2D eigenvalue weighted by atomic mass is 16.5. The molecule has 2 amide bonds. The molecule has 9 nitrogen and oxygen atoms in total. The number of unbranched alkanes of at least 4 members (excludes halogenated alkanes) is 2. The summed E-state index contributed by atoms with van der Waals surface area (Å²) in [6.45, 7) is 5.27. The molecular formula is C30H37N3O6. The number of hydrogen-bond donors (Lipinski definition) is 4. The zero-order valence-corrected chi connectivity index (χ0v) is 22.3. The van der Waals surface area contributed by atoms with Gasteiger partial charge in [0.15, 0.2) is 5.78 Å². The van der Waals surface area contributed by atoms with Gasteiger partial charge in [0.25, 0.3) is 5.91 Å². The quantitative estimate of drug-likeness (QED) is 0.242. The molecule has 0 spiro atoms. The molecule has 0 saturated carbocycles. The van der Waals surface area contributed by atoms with Crippen molar-refractivity contribution in [1.82, 2.24) is 10.2 Å². The van der Waals surface area contributed by atoms with E-state index in [1.165, 1.54) is 6.92 Å². The molecule has 0 radical (unpaired) electrons. The van der Waals surface area contributed by atoms with Crippen LogP contribution in [-0.2, 0) is 14.3 Å². The molecule has 1 aliphatic heterocycles. The summed E-state index contributed by atoms with van der Waals surface area (Å²) in [4.78, 5) is 38.8. The third-order valence-electron chi connectivity index (χ3n) is 6.42. The maximum atomic E-state index is 12.4. The van der Waals surface area contributed by atoms with Crippen LogP contribution in [0.3, 0.4) is 0 Å². The van der Waals surface area contributed by atoms with Gasteiger partial charge in [0.1, 0.15) is 12.6 Å². The smallest absolute Gasteiger partial charge is 0.251 e. The van der Waals surface area contributed by atoms with E-state index in [0.717, 1.165) is 63.4 Å². The predicted octanol–water partition coefficient (Wildman–Crippen LogP) is 1.96. The number of hydrogen-bond acceptors (Lipinski definition) is 7. The van der Waals surface area contributed by atoms with E-state index in [4.69, 9.17) is 9.84 Å². The molecular weight excluding hydrogens is 498 g/mol. The average Bonchev–Trinajstić information content (AvgIpc) is 2.95. The number of benzene rings is 2. The Labute approximate surface area is 229 Å². The maximum Gasteiger partial charge on any atom is 0.251 e. The first-order valence-electron chi connectivity index (χ1n) is 13.3. The molecule has 39 heavy (non-hydrogen) atoms. The van der Waals surface area contributed by atoms with Gasteiger partial charge in [-0.3, -0.25) is 19.3 Å². The number of amides is 2. The summed E-state index contributed by atoms with van der Waals surface area (Å²) in [6.07, 6.45) is 2.34. The third kappa shape index (κ3) is 10.3. The zero-order chi connectivity index (χ0) is 28.0. The number of Topliss-reactive ketones (excluding diaryl/α,β-unsaturated/α-hetero) is 1. The SMILES string of the molecule is C[C@@H](O)[C@H](NC(=O)c1ccc(C#Cc2ccc(NC(=O)CCCCCN3CCOCC3)cc2)cc1)C(=O)CO. The number of carbonyl (C=O) groups is 3. The van der Waals surface area contributed by atoms with Gasteiger partial charge in [-0.15, -0.1) is 0 Å². The fourth-order valence-electron chi connectivity index (χ4n) is 4.13. The maximum absolute atomic E-state index is 12.4. The number of nitrogens with zero attached hydrogens (tertiary/aromatic N) is 1. The van der Waals surface area contributed by atoms with Crippen LogP contribution in [0.2, 0.25) is 0 Å². The van der Waals surface area contributed by atoms with Crippen LogP contribution >= 0.6 is 0 Å². The largest absolute Gasteiger partial charge is 0.391 e. The molecule has 0 unspecified atom stereocenters. The first-order valence-corrected chi connectivity index (χ1v) is 13.3. The van der Waals surface area contributed by atoms with Crippen molar-refractivity contribution in [1.29, 1.82) is 0 Å². The van der Waals surface area contributed by atoms with E-state index in [-0.39, 0.29) is 5.91 Å². The monoisotopic (exact) mass is 535 g/mol. The molecule has 1 saturated heterocycles. The Morgan fingerprint density at radius 3 is 2.15 bits per heavy atom. The highest BCUT2D eigenvalue weighted by Gasteiger charge is 2.25. The van der Waals surface area contributed by atoms with Gasteiger partial charge in [0, 0.05) is 41.9 Å². The Bertz CT molecular complexity index is 1150. The lowest BCUT2D eigenvalue weighted by atomic mass is 10.1. The number of ketones is 1. The fraction of sp³-hybridized carbons (Fsp3) is 0.433. The van der Waals surface area contributed by atoms with Crippen molar-refractivity contribution >= 4 is 23.3 Å². The first kappa shape index (κ1) is 30.0. The molecule has 2 aromatic rings. The Balaban J connectivity index is 1.42. The molecule has 4 N–H and O–H groups in total. The van der Waals surface area contributed by atoms with E-state index in [1.807, 2.05) is 24.3 Å². The lowest BCUT2D eigenvalue weighted by molar-refractivity contribution is -0.126. The Kier molecular flexibility index (Phi) is 12.1. The molecule has 9 heteroatoms. The number of ether oxygens (including phenoxy) is 1. The van der Waals surface area contributed by atoms with E-state index >= 15 is 0 Å². The van der Waals surface area contributed by atoms with E-state index in [9.17, 15) is 19.5 Å². The molecule has 3 rings (SSSR count). The number of nitrogens with one attached hydrogen (secondary N) is 2. The molecule has 0 aromatic heterocycles. The van der Waals surface area contributed by atoms with Gasteiger partial charge in [0.05, 0.1) is 19.3 Å². The Morgan fingerprint density at radius 1 is 0.949 bits per heavy atom. The van der Waals surface area contributed by atoms with Gasteiger partial charge in [-0.05, 0) is 74.8 Å². The van der Waals surface area contributed by atoms with Crippen molar-refractivity contribution in [3.8, 4) is 11.8 Å². The van der Waals surface area contributed by atoms with Crippen LogP contribution in [0.1, 0.15) is 54.1 Å². The summed E-state index contributed by atoms with van der Waals surface area (Å²) in [5, 5.41) is 24.1. The highest BCUT2D eigenvalue weighted by Crippen LogP contribution is 2.12. The second kappa shape index (κ2) is 15.8. The highest BCUT2D eigenvalue weighted by molar-refractivity contribution is 5.98. The van der Waals surface area contributed by atoms with Crippen LogP contribution in [0.5, 0.6) is 0 Å². The predicted molar refractivity (Wildman–Crippen MR) is 148 cm³/mol. The number of anilines is 1. The van der Waals surface area contributed by atoms with Gasteiger partial charge in [-0.2, -0.15) is 0 Å². The molecule has 2 aromatic carbocycles. The normalized spacial score (nSPS) is 14.9. The molecule has 1 aliphatic rings. The number of aliphatic hydroxyl groups is 2. The standard InChI is InChI=1S/C30H37N3O6/c1-22(35)29(27(36)21-34)32-30(38)25-12-8-23(9-13-25)6-7-24-10-14-26(15-11-24)31-28(37)5-3-2-4-16-33-17-19-39-20-18-33/h8-15,22,29,34-35H,2-5,16-21H2,1H3,(H,31,37)(H,32,38)/t22-,29+/m1/s1. The topological polar surface area (TPSA) is 128 Å². The lowest BCUT2D eigenvalue weighted by Gasteiger charge is -2.26. The molecule has 208 valence electrons. The number of aliphatic hydroxyl groups excluding tert-OH is 2. The van der Waals surface area contributed by atoms with Gasteiger partial charge in [0.2, 0.25) is 5.91 Å². The van der Waals surface area contributed by atoms with Crippen molar-refractivity contribution in [3.63, 3.8) is 0 Å². The fourth-order valence-corrected chi connectivity index (χ4v) is 4.13. The van der Waals surface area contributed by atoms with Crippen LogP contribution < -0.4 is 10.6 Å². The van der Waals surface area contributed by atoms with E-state index in [1.54, 1.807) is 24.3 Å². The summed E-state index contributed by atoms with van der Waals surface area (Å²) < 4.78 is 5.36. The second-order valence-electron chi connectivity index (χ2n) is 9.53. The summed E-state index contributed by atoms with van der Waals surface area (Å²) in [5.41, 5.74) is 2.50. The molecule has 1 fully saturated rings. The minimum atomic E-state index is -1.18. The van der Waals surface area contributed by atoms with Crippen molar-refractivity contribution in [2.24, 2.45) is 0 Å². The molecule has 2 atom stereocenters. The third-order valence-corrected chi connectivity index (χ3v) is 6.42. The van der Waals surface area contributed by atoms with E-state index < -0.39 is 30.4 Å². The summed E-state index contributed by atoms with van der Waals surface area (Å²) in [7, 11) is 0. The zero-order valence-electron chi connectivity index (χ0n) is 22.3.